The first-order valence-corrected chi connectivity index (χ1v) is 12.2. The fourth-order valence-electron chi connectivity index (χ4n) is 3.43. The number of likely N-dealkylation sites (N-methyl/N-ethyl adjacent to an activating group) is 1. The molecule has 0 aliphatic carbocycles. The molecule has 2 atom stereocenters. The van der Waals surface area contributed by atoms with Gasteiger partial charge in [-0.3, -0.25) is 4.98 Å². The Kier molecular flexibility index (Phi) is 5.69. The van der Waals surface area contributed by atoms with E-state index in [1.54, 1.807) is 43.7 Å². The summed E-state index contributed by atoms with van der Waals surface area (Å²) in [5.74, 6) is -0.455. The van der Waals surface area contributed by atoms with Crippen LogP contribution in [0.3, 0.4) is 0 Å². The molecule has 1 aliphatic heterocycles. The Morgan fingerprint density at radius 3 is 2.33 bits per heavy atom. The van der Waals surface area contributed by atoms with Crippen molar-refractivity contribution in [1.29, 1.82) is 0 Å². The van der Waals surface area contributed by atoms with Crippen molar-refractivity contribution >= 4 is 19.7 Å². The molecule has 27 heavy (non-hydrogen) atoms. The van der Waals surface area contributed by atoms with Crippen LogP contribution in [0.15, 0.2) is 53.7 Å². The molecule has 2 unspecified atom stereocenters. The molecule has 1 saturated heterocycles. The quantitative estimate of drug-likeness (QED) is 0.720. The minimum atomic E-state index is -3.73. The lowest BCUT2D eigenvalue weighted by Gasteiger charge is -2.28. The van der Waals surface area contributed by atoms with Gasteiger partial charge in [-0.25, -0.2) is 16.8 Å². The summed E-state index contributed by atoms with van der Waals surface area (Å²) in [5, 5.41) is -0.951. The number of hydrogen-bond acceptors (Lipinski definition) is 6. The Morgan fingerprint density at radius 1 is 1.07 bits per heavy atom. The van der Waals surface area contributed by atoms with Crippen LogP contribution in [-0.4, -0.2) is 63.1 Å². The number of aryl methyl sites for hydroxylation is 1. The molecule has 2 heterocycles. The molecule has 6 nitrogen and oxygen atoms in total. The molecule has 0 bridgehead atoms. The minimum Gasteiger partial charge on any atom is -0.301 e. The minimum absolute atomic E-state index is 0.129. The summed E-state index contributed by atoms with van der Waals surface area (Å²) in [4.78, 5) is 6.03. The fraction of sp³-hybridized carbons (Fsp3) is 0.421. The predicted molar refractivity (Wildman–Crippen MR) is 105 cm³/mol. The molecule has 0 radical (unpaired) electrons. The van der Waals surface area contributed by atoms with Gasteiger partial charge in [0.25, 0.3) is 0 Å². The standard InChI is InChI=1S/C19H24N2O4S2/c1-15-3-5-17(6-4-15)27(24,25)19-14-26(22,23)13-18(19)21(2)12-9-16-7-10-20-11-8-16/h3-8,10-11,18-19H,9,12-14H2,1-2H3. The highest BCUT2D eigenvalue weighted by Crippen LogP contribution is 2.28. The second-order valence-electron chi connectivity index (χ2n) is 7.13. The Balaban J connectivity index is 1.83. The van der Waals surface area contributed by atoms with Gasteiger partial charge in [-0.1, -0.05) is 17.7 Å². The fourth-order valence-corrected chi connectivity index (χ4v) is 8.34. The summed E-state index contributed by atoms with van der Waals surface area (Å²) in [6.07, 6.45) is 4.12. The van der Waals surface area contributed by atoms with E-state index in [4.69, 9.17) is 0 Å². The topological polar surface area (TPSA) is 84.4 Å². The first-order valence-electron chi connectivity index (χ1n) is 8.79. The van der Waals surface area contributed by atoms with E-state index in [0.717, 1.165) is 11.1 Å². The molecule has 8 heteroatoms. The molecule has 3 rings (SSSR count). The summed E-state index contributed by atoms with van der Waals surface area (Å²) in [6.45, 7) is 2.45. The van der Waals surface area contributed by atoms with Crippen LogP contribution in [0.1, 0.15) is 11.1 Å². The Hall–Kier alpha value is -1.77. The van der Waals surface area contributed by atoms with Crippen molar-refractivity contribution in [2.24, 2.45) is 0 Å². The first-order chi connectivity index (χ1) is 12.7. The average Bonchev–Trinajstić information content (AvgIpc) is 2.97. The molecule has 0 amide bonds. The van der Waals surface area contributed by atoms with E-state index in [1.165, 1.54) is 0 Å². The van der Waals surface area contributed by atoms with Crippen molar-refractivity contribution in [1.82, 2.24) is 9.88 Å². The van der Waals surface area contributed by atoms with Gasteiger partial charge in [-0.2, -0.15) is 0 Å². The largest absolute Gasteiger partial charge is 0.301 e. The third-order valence-electron chi connectivity index (χ3n) is 5.09. The van der Waals surface area contributed by atoms with E-state index in [-0.39, 0.29) is 16.4 Å². The molecule has 0 N–H and O–H groups in total. The number of sulfone groups is 2. The lowest BCUT2D eigenvalue weighted by atomic mass is 10.1. The Bertz CT molecular complexity index is 988. The van der Waals surface area contributed by atoms with Gasteiger partial charge in [-0.05, 0) is 50.2 Å². The van der Waals surface area contributed by atoms with Gasteiger partial charge < -0.3 is 4.90 Å². The normalized spacial score (nSPS) is 22.2. The lowest BCUT2D eigenvalue weighted by molar-refractivity contribution is 0.266. The number of hydrogen-bond donors (Lipinski definition) is 0. The maximum absolute atomic E-state index is 13.1. The van der Waals surface area contributed by atoms with E-state index in [9.17, 15) is 16.8 Å². The molecule has 146 valence electrons. The molecule has 1 fully saturated rings. The number of rotatable bonds is 6. The summed E-state index contributed by atoms with van der Waals surface area (Å²) < 4.78 is 50.8. The van der Waals surface area contributed by atoms with Crippen LogP contribution in [0.2, 0.25) is 0 Å². The summed E-state index contributed by atoms with van der Waals surface area (Å²) in [6, 6.07) is 9.84. The third kappa shape index (κ3) is 4.56. The highest BCUT2D eigenvalue weighted by molar-refractivity contribution is 7.96. The summed E-state index contributed by atoms with van der Waals surface area (Å²) in [5.41, 5.74) is 2.04. The van der Waals surface area contributed by atoms with Crippen molar-refractivity contribution in [3.63, 3.8) is 0 Å². The van der Waals surface area contributed by atoms with Crippen LogP contribution in [-0.2, 0) is 26.1 Å². The molecule has 0 spiro atoms. The van der Waals surface area contributed by atoms with E-state index in [2.05, 4.69) is 4.98 Å². The van der Waals surface area contributed by atoms with Crippen LogP contribution < -0.4 is 0 Å². The summed E-state index contributed by atoms with van der Waals surface area (Å²) >= 11 is 0. The van der Waals surface area contributed by atoms with Crippen molar-refractivity contribution in [2.45, 2.75) is 29.5 Å². The Labute approximate surface area is 161 Å². The van der Waals surface area contributed by atoms with Gasteiger partial charge in [-0.15, -0.1) is 0 Å². The van der Waals surface area contributed by atoms with E-state index < -0.39 is 31.0 Å². The predicted octanol–water partition coefficient (Wildman–Crippen LogP) is 1.50. The number of pyridine rings is 1. The van der Waals surface area contributed by atoms with Crippen LogP contribution in [0, 0.1) is 6.92 Å². The molecular formula is C19H24N2O4S2. The molecule has 2 aromatic rings. The first kappa shape index (κ1) is 20.0. The average molecular weight is 409 g/mol. The van der Waals surface area contributed by atoms with Gasteiger partial charge in [0.05, 0.1) is 21.7 Å². The number of benzene rings is 1. The van der Waals surface area contributed by atoms with Gasteiger partial charge in [0.1, 0.15) is 0 Å². The number of nitrogens with zero attached hydrogens (tertiary/aromatic N) is 2. The van der Waals surface area contributed by atoms with Crippen LogP contribution in [0.4, 0.5) is 0 Å². The maximum Gasteiger partial charge on any atom is 0.183 e. The molecule has 0 saturated carbocycles. The lowest BCUT2D eigenvalue weighted by Crippen LogP contribution is -2.45. The Morgan fingerprint density at radius 2 is 1.70 bits per heavy atom. The molecule has 1 aliphatic rings. The van der Waals surface area contributed by atoms with Crippen LogP contribution >= 0.6 is 0 Å². The van der Waals surface area contributed by atoms with Crippen molar-refractivity contribution in [3.05, 3.63) is 59.9 Å². The zero-order chi connectivity index (χ0) is 19.7. The number of aromatic nitrogens is 1. The van der Waals surface area contributed by atoms with Crippen LogP contribution in [0.5, 0.6) is 0 Å². The second-order valence-corrected chi connectivity index (χ2v) is 11.4. The van der Waals surface area contributed by atoms with Crippen LogP contribution in [0.25, 0.3) is 0 Å². The van der Waals surface area contributed by atoms with Gasteiger partial charge in [0.15, 0.2) is 19.7 Å². The highest BCUT2D eigenvalue weighted by atomic mass is 32.2. The smallest absolute Gasteiger partial charge is 0.183 e. The third-order valence-corrected chi connectivity index (χ3v) is 9.22. The molecule has 1 aromatic heterocycles. The summed E-state index contributed by atoms with van der Waals surface area (Å²) in [7, 11) is -5.34. The monoisotopic (exact) mass is 408 g/mol. The zero-order valence-corrected chi connectivity index (χ0v) is 17.1. The molecular weight excluding hydrogens is 384 g/mol. The van der Waals surface area contributed by atoms with E-state index in [1.807, 2.05) is 24.0 Å². The maximum atomic E-state index is 13.1. The second kappa shape index (κ2) is 7.69. The van der Waals surface area contributed by atoms with Crippen molar-refractivity contribution in [3.8, 4) is 0 Å². The van der Waals surface area contributed by atoms with E-state index in [0.29, 0.717) is 13.0 Å². The van der Waals surface area contributed by atoms with Gasteiger partial charge in [0.2, 0.25) is 0 Å². The van der Waals surface area contributed by atoms with E-state index >= 15 is 0 Å². The SMILES string of the molecule is Cc1ccc(S(=O)(=O)C2CS(=O)(=O)CC2N(C)CCc2ccncc2)cc1. The molecule has 1 aromatic carbocycles. The van der Waals surface area contributed by atoms with Gasteiger partial charge >= 0.3 is 0 Å². The van der Waals surface area contributed by atoms with Crippen molar-refractivity contribution in [2.75, 3.05) is 25.1 Å². The van der Waals surface area contributed by atoms with Crippen molar-refractivity contribution < 1.29 is 16.8 Å². The zero-order valence-electron chi connectivity index (χ0n) is 15.4. The highest BCUT2D eigenvalue weighted by Gasteiger charge is 2.47. The van der Waals surface area contributed by atoms with Gasteiger partial charge in [0, 0.05) is 25.0 Å².